The van der Waals surface area contributed by atoms with Crippen molar-refractivity contribution in [2.45, 2.75) is 0 Å². The van der Waals surface area contributed by atoms with Crippen LogP contribution in [0.3, 0.4) is 0 Å². The SMILES string of the molecule is [NH2+]=C1C(c2ccc(-c3ccccc3)cc2)=CC(c2ccc(-c3ccccc3)cc2)=C/C1=N/Nc1ccncc1. The molecule has 0 aliphatic heterocycles. The van der Waals surface area contributed by atoms with Crippen molar-refractivity contribution in [2.75, 3.05) is 5.43 Å². The highest BCUT2D eigenvalue weighted by Gasteiger charge is 2.24. The normalized spacial score (nSPS) is 14.1. The van der Waals surface area contributed by atoms with Crippen molar-refractivity contribution < 1.29 is 5.41 Å². The fourth-order valence-electron chi connectivity index (χ4n) is 4.65. The van der Waals surface area contributed by atoms with Gasteiger partial charge in [0.05, 0.1) is 11.3 Å². The zero-order valence-corrected chi connectivity index (χ0v) is 21.3. The van der Waals surface area contributed by atoms with Crippen LogP contribution in [0.1, 0.15) is 11.1 Å². The predicted octanol–water partition coefficient (Wildman–Crippen LogP) is 6.56. The highest BCUT2D eigenvalue weighted by molar-refractivity contribution is 6.61. The Morgan fingerprint density at radius 1 is 0.513 bits per heavy atom. The molecular weight excluding hydrogens is 476 g/mol. The second-order valence-electron chi connectivity index (χ2n) is 9.30. The Morgan fingerprint density at radius 3 is 1.56 bits per heavy atom. The van der Waals surface area contributed by atoms with E-state index in [1.807, 2.05) is 30.3 Å². The van der Waals surface area contributed by atoms with Crippen molar-refractivity contribution in [3.63, 3.8) is 0 Å². The van der Waals surface area contributed by atoms with E-state index in [4.69, 9.17) is 5.41 Å². The van der Waals surface area contributed by atoms with Crippen LogP contribution in [0.5, 0.6) is 0 Å². The number of anilines is 1. The predicted molar refractivity (Wildman–Crippen MR) is 162 cm³/mol. The number of pyridine rings is 1. The van der Waals surface area contributed by atoms with E-state index in [1.54, 1.807) is 12.4 Å². The fraction of sp³-hybridized carbons (Fsp3) is 0. The molecule has 186 valence electrons. The summed E-state index contributed by atoms with van der Waals surface area (Å²) in [6.45, 7) is 0. The molecule has 4 nitrogen and oxygen atoms in total. The van der Waals surface area contributed by atoms with Crippen LogP contribution in [-0.2, 0) is 0 Å². The molecule has 0 unspecified atom stereocenters. The van der Waals surface area contributed by atoms with Gasteiger partial charge in [-0.1, -0.05) is 109 Å². The monoisotopic (exact) mass is 503 g/mol. The lowest BCUT2D eigenvalue weighted by atomic mass is 9.87. The summed E-state index contributed by atoms with van der Waals surface area (Å²) in [5.74, 6) is 0. The Hall–Kier alpha value is -5.35. The first kappa shape index (κ1) is 24.0. The first-order chi connectivity index (χ1) is 19.2. The molecular formula is C35H27N4+. The molecule has 0 saturated heterocycles. The summed E-state index contributed by atoms with van der Waals surface area (Å²) in [7, 11) is 0. The summed E-state index contributed by atoms with van der Waals surface area (Å²) in [6, 6.07) is 41.6. The fourth-order valence-corrected chi connectivity index (χ4v) is 4.65. The molecule has 3 N–H and O–H groups in total. The van der Waals surface area contributed by atoms with Crippen molar-refractivity contribution in [3.8, 4) is 22.3 Å². The van der Waals surface area contributed by atoms with Crippen molar-refractivity contribution >= 4 is 28.3 Å². The second-order valence-corrected chi connectivity index (χ2v) is 9.30. The first-order valence-electron chi connectivity index (χ1n) is 12.9. The van der Waals surface area contributed by atoms with Gasteiger partial charge >= 0.3 is 0 Å². The first-order valence-corrected chi connectivity index (χ1v) is 12.9. The molecule has 0 spiro atoms. The van der Waals surface area contributed by atoms with Crippen molar-refractivity contribution in [3.05, 3.63) is 157 Å². The number of benzene rings is 4. The van der Waals surface area contributed by atoms with Crippen molar-refractivity contribution in [2.24, 2.45) is 5.10 Å². The van der Waals surface area contributed by atoms with Crippen molar-refractivity contribution in [1.82, 2.24) is 4.98 Å². The quantitative estimate of drug-likeness (QED) is 0.203. The third-order valence-electron chi connectivity index (χ3n) is 6.77. The van der Waals surface area contributed by atoms with E-state index in [-0.39, 0.29) is 0 Å². The zero-order valence-electron chi connectivity index (χ0n) is 21.3. The van der Waals surface area contributed by atoms with Gasteiger partial charge in [0, 0.05) is 12.4 Å². The van der Waals surface area contributed by atoms with Gasteiger partial charge < -0.3 is 0 Å². The lowest BCUT2D eigenvalue weighted by Crippen LogP contribution is -2.46. The number of allylic oxidation sites excluding steroid dienone is 4. The highest BCUT2D eigenvalue weighted by Crippen LogP contribution is 2.30. The van der Waals surface area contributed by atoms with Crippen LogP contribution in [0.2, 0.25) is 0 Å². The molecule has 0 fully saturated rings. The molecule has 0 atom stereocenters. The summed E-state index contributed by atoms with van der Waals surface area (Å²) in [5, 5.41) is 11.4. The maximum Gasteiger partial charge on any atom is 0.232 e. The van der Waals surface area contributed by atoms with Gasteiger partial charge in [0.1, 0.15) is 0 Å². The standard InChI is InChI=1S/C35H26N4/c36-35-33(30-17-15-28(16-18-30)26-9-5-2-6-10-26)23-31(24-34(35)39-38-32-19-21-37-22-20-32)29-13-11-27(12-14-29)25-7-3-1-4-8-25/h1-24,36H,(H,37,38)/p+1/b36-35?,39-34-. The van der Waals surface area contributed by atoms with Gasteiger partial charge in [0.15, 0.2) is 5.71 Å². The smallest absolute Gasteiger partial charge is 0.232 e. The highest BCUT2D eigenvalue weighted by atomic mass is 15.3. The topological polar surface area (TPSA) is 62.9 Å². The average Bonchev–Trinajstić information content (AvgIpc) is 3.02. The van der Waals surface area contributed by atoms with Gasteiger partial charge in [-0.15, -0.1) is 0 Å². The number of nitrogens with two attached hydrogens (primary N) is 1. The Morgan fingerprint density at radius 2 is 1.00 bits per heavy atom. The molecule has 4 heteroatoms. The van der Waals surface area contributed by atoms with Crippen molar-refractivity contribution in [1.29, 1.82) is 0 Å². The van der Waals surface area contributed by atoms with Gasteiger partial charge in [0.25, 0.3) is 0 Å². The van der Waals surface area contributed by atoms with E-state index in [9.17, 15) is 0 Å². The number of hydrazone groups is 1. The van der Waals surface area contributed by atoms with Gasteiger partial charge in [-0.25, -0.2) is 0 Å². The molecule has 0 bridgehead atoms. The molecule has 0 amide bonds. The van der Waals surface area contributed by atoms with Crippen LogP contribution in [0.4, 0.5) is 5.69 Å². The molecule has 1 aliphatic rings. The number of nitrogens with one attached hydrogen (secondary N) is 1. The molecule has 4 aromatic carbocycles. The lowest BCUT2D eigenvalue weighted by molar-refractivity contribution is -0.108. The van der Waals surface area contributed by atoms with E-state index in [2.05, 4.69) is 119 Å². The minimum atomic E-state index is 0.619. The lowest BCUT2D eigenvalue weighted by Gasteiger charge is -2.15. The second kappa shape index (κ2) is 11.0. The van der Waals surface area contributed by atoms with Crippen LogP contribution >= 0.6 is 0 Å². The summed E-state index contributed by atoms with van der Waals surface area (Å²) in [5.41, 5.74) is 14.1. The van der Waals surface area contributed by atoms with Gasteiger partial charge in [0.2, 0.25) is 5.71 Å². The summed E-state index contributed by atoms with van der Waals surface area (Å²) in [6.07, 6.45) is 7.63. The largest absolute Gasteiger partial charge is 0.278 e. The van der Waals surface area contributed by atoms with Crippen LogP contribution in [0.25, 0.3) is 33.4 Å². The Kier molecular flexibility index (Phi) is 6.74. The average molecular weight is 504 g/mol. The van der Waals surface area contributed by atoms with Crippen LogP contribution < -0.4 is 10.8 Å². The maximum atomic E-state index is 6.73. The summed E-state index contributed by atoms with van der Waals surface area (Å²) in [4.78, 5) is 4.08. The Bertz CT molecular complexity index is 1680. The van der Waals surface area contributed by atoms with Crippen LogP contribution in [-0.4, -0.2) is 16.4 Å². The van der Waals surface area contributed by atoms with E-state index >= 15 is 0 Å². The Balaban J connectivity index is 1.37. The number of rotatable bonds is 6. The number of hydrogen-bond donors (Lipinski definition) is 2. The minimum Gasteiger partial charge on any atom is -0.278 e. The molecule has 0 radical (unpaired) electrons. The van der Waals surface area contributed by atoms with E-state index < -0.39 is 0 Å². The molecule has 5 aromatic rings. The molecule has 1 heterocycles. The third kappa shape index (κ3) is 5.36. The number of nitrogens with zero attached hydrogens (tertiary/aromatic N) is 2. The number of hydrogen-bond acceptors (Lipinski definition) is 3. The van der Waals surface area contributed by atoms with E-state index in [0.29, 0.717) is 11.4 Å². The Labute approximate surface area is 228 Å². The van der Waals surface area contributed by atoms with E-state index in [1.165, 1.54) is 16.7 Å². The maximum absolute atomic E-state index is 6.73. The summed E-state index contributed by atoms with van der Waals surface area (Å²) >= 11 is 0. The molecule has 6 rings (SSSR count). The minimum absolute atomic E-state index is 0.619. The third-order valence-corrected chi connectivity index (χ3v) is 6.77. The van der Waals surface area contributed by atoms with Gasteiger partial charge in [-0.05, 0) is 63.2 Å². The van der Waals surface area contributed by atoms with Crippen LogP contribution in [0.15, 0.2) is 151 Å². The molecule has 39 heavy (non-hydrogen) atoms. The molecule has 1 aliphatic carbocycles. The zero-order chi connectivity index (χ0) is 26.4. The summed E-state index contributed by atoms with van der Waals surface area (Å²) < 4.78 is 0. The van der Waals surface area contributed by atoms with Crippen LogP contribution in [0, 0.1) is 0 Å². The molecule has 1 aromatic heterocycles. The number of aromatic nitrogens is 1. The van der Waals surface area contributed by atoms with Gasteiger partial charge in [-0.2, -0.15) is 5.10 Å². The molecule has 0 saturated carbocycles. The van der Waals surface area contributed by atoms with Gasteiger partial charge in [-0.3, -0.25) is 15.8 Å². The van der Waals surface area contributed by atoms with E-state index in [0.717, 1.165) is 33.5 Å².